The van der Waals surface area contributed by atoms with Gasteiger partial charge in [0, 0.05) is 32.0 Å². The van der Waals surface area contributed by atoms with Crippen molar-refractivity contribution in [3.63, 3.8) is 0 Å². The number of phenolic OH excluding ortho intramolecular Hbond substituents is 2. The normalized spacial score (nSPS) is 24.4. The Morgan fingerprint density at radius 3 is 2.64 bits per heavy atom. The first kappa shape index (κ1) is 27.3. The molecule has 2 aliphatic heterocycles. The van der Waals surface area contributed by atoms with Crippen LogP contribution in [0.25, 0.3) is 0 Å². The van der Waals surface area contributed by atoms with E-state index in [1.807, 2.05) is 6.92 Å². The van der Waals surface area contributed by atoms with E-state index in [1.54, 1.807) is 36.1 Å². The quantitative estimate of drug-likeness (QED) is 0.328. The van der Waals surface area contributed by atoms with Crippen molar-refractivity contribution in [2.24, 2.45) is 5.16 Å². The topological polar surface area (TPSA) is 129 Å². The molecule has 2 atom stereocenters. The van der Waals surface area contributed by atoms with Crippen molar-refractivity contribution >= 4 is 17.6 Å². The summed E-state index contributed by atoms with van der Waals surface area (Å²) in [7, 11) is 0. The molecule has 1 aromatic carbocycles. The number of piperidine rings is 1. The molecule has 1 saturated heterocycles. The number of amides is 1. The molecule has 0 aromatic heterocycles. The minimum Gasteiger partial charge on any atom is -0.508 e. The largest absolute Gasteiger partial charge is 0.508 e. The van der Waals surface area contributed by atoms with Gasteiger partial charge in [-0.25, -0.2) is 4.79 Å². The number of benzene rings is 1. The first-order chi connectivity index (χ1) is 17.3. The number of nitrogens with zero attached hydrogens (tertiary/aromatic N) is 2. The highest BCUT2D eigenvalue weighted by Gasteiger charge is 2.26. The summed E-state index contributed by atoms with van der Waals surface area (Å²) in [4.78, 5) is 32.7. The lowest BCUT2D eigenvalue weighted by Gasteiger charge is -2.26. The van der Waals surface area contributed by atoms with Gasteiger partial charge in [0.2, 0.25) is 0 Å². The second-order valence-electron chi connectivity index (χ2n) is 9.16. The molecule has 9 heteroatoms. The molecular weight excluding hydrogens is 464 g/mol. The number of fused-ring (bicyclic) bond motifs is 1. The Kier molecular flexibility index (Phi) is 9.93. The maximum absolute atomic E-state index is 13.1. The summed E-state index contributed by atoms with van der Waals surface area (Å²) < 4.78 is 5.54. The van der Waals surface area contributed by atoms with E-state index in [1.165, 1.54) is 0 Å². The van der Waals surface area contributed by atoms with E-state index in [9.17, 15) is 24.9 Å². The number of cyclic esters (lactones) is 1. The lowest BCUT2D eigenvalue weighted by Crippen LogP contribution is -2.37. The number of oxime groups is 1. The van der Waals surface area contributed by atoms with Gasteiger partial charge in [0.25, 0.3) is 5.91 Å². The number of hydrogen-bond acceptors (Lipinski definition) is 8. The smallest absolute Gasteiger partial charge is 0.342 e. The van der Waals surface area contributed by atoms with Gasteiger partial charge in [-0.3, -0.25) is 4.79 Å². The fourth-order valence-corrected chi connectivity index (χ4v) is 4.41. The molecule has 0 aliphatic carbocycles. The Morgan fingerprint density at radius 1 is 1.17 bits per heavy atom. The van der Waals surface area contributed by atoms with Crippen molar-refractivity contribution in [1.29, 1.82) is 0 Å². The van der Waals surface area contributed by atoms with Crippen LogP contribution in [0, 0.1) is 0 Å². The molecule has 1 amide bonds. The molecule has 1 aromatic rings. The van der Waals surface area contributed by atoms with E-state index in [2.05, 4.69) is 5.16 Å². The molecule has 9 nitrogen and oxygen atoms in total. The SMILES string of the molecule is CCc1c(O)cc(O)c2c1CC(=N\OCC(=O)N1CCCCC1)/C=C/C[C@H](O)/C=C/C[C@@H](C)OC2=O. The molecule has 3 N–H and O–H groups in total. The number of aliphatic hydroxyl groups excluding tert-OH is 1. The van der Waals surface area contributed by atoms with Gasteiger partial charge in [-0.2, -0.15) is 0 Å². The number of esters is 1. The maximum atomic E-state index is 13.1. The number of aromatic hydroxyl groups is 2. The number of carbonyl (C=O) groups excluding carboxylic acids is 2. The Morgan fingerprint density at radius 2 is 1.92 bits per heavy atom. The summed E-state index contributed by atoms with van der Waals surface area (Å²) >= 11 is 0. The number of hydrogen-bond donors (Lipinski definition) is 3. The van der Waals surface area contributed by atoms with Crippen LogP contribution in [0.4, 0.5) is 0 Å². The van der Waals surface area contributed by atoms with Crippen molar-refractivity contribution in [3.05, 3.63) is 47.1 Å². The second kappa shape index (κ2) is 13.1. The number of likely N-dealkylation sites (tertiary alicyclic amines) is 1. The van der Waals surface area contributed by atoms with Crippen LogP contribution in [0.3, 0.4) is 0 Å². The highest BCUT2D eigenvalue weighted by molar-refractivity contribution is 6.01. The predicted molar refractivity (Wildman–Crippen MR) is 135 cm³/mol. The van der Waals surface area contributed by atoms with E-state index in [4.69, 9.17) is 9.57 Å². The van der Waals surface area contributed by atoms with Gasteiger partial charge in [0.05, 0.1) is 11.8 Å². The zero-order valence-electron chi connectivity index (χ0n) is 21.0. The van der Waals surface area contributed by atoms with Crippen LogP contribution in [-0.2, 0) is 27.2 Å². The summed E-state index contributed by atoms with van der Waals surface area (Å²) in [6.45, 7) is 4.74. The van der Waals surface area contributed by atoms with E-state index >= 15 is 0 Å². The Labute approximate surface area is 211 Å². The van der Waals surface area contributed by atoms with Crippen LogP contribution in [-0.4, -0.2) is 69.7 Å². The molecule has 0 radical (unpaired) electrons. The van der Waals surface area contributed by atoms with Crippen LogP contribution in [0.15, 0.2) is 35.5 Å². The summed E-state index contributed by atoms with van der Waals surface area (Å²) in [5.41, 5.74) is 1.17. The Hall–Kier alpha value is -3.33. The summed E-state index contributed by atoms with van der Waals surface area (Å²) in [6.07, 6.45) is 9.69. The number of carbonyl (C=O) groups is 2. The third-order valence-electron chi connectivity index (χ3n) is 6.32. The van der Waals surface area contributed by atoms with Crippen LogP contribution in [0.5, 0.6) is 11.5 Å². The summed E-state index contributed by atoms with van der Waals surface area (Å²) in [6, 6.07) is 1.14. The third kappa shape index (κ3) is 7.34. The van der Waals surface area contributed by atoms with Crippen molar-refractivity contribution in [2.75, 3.05) is 19.7 Å². The molecule has 0 bridgehead atoms. The van der Waals surface area contributed by atoms with Crippen LogP contribution in [0.1, 0.15) is 67.4 Å². The molecule has 2 aliphatic rings. The number of aliphatic hydroxyl groups is 1. The van der Waals surface area contributed by atoms with E-state index in [-0.39, 0.29) is 36.0 Å². The summed E-state index contributed by atoms with van der Waals surface area (Å²) in [5.74, 6) is -1.40. The molecule has 36 heavy (non-hydrogen) atoms. The molecule has 0 saturated carbocycles. The zero-order chi connectivity index (χ0) is 26.1. The van der Waals surface area contributed by atoms with Crippen LogP contribution in [0.2, 0.25) is 0 Å². The molecule has 1 fully saturated rings. The zero-order valence-corrected chi connectivity index (χ0v) is 21.0. The monoisotopic (exact) mass is 500 g/mol. The average Bonchev–Trinajstić information content (AvgIpc) is 2.83. The minimum absolute atomic E-state index is 0.0320. The highest BCUT2D eigenvalue weighted by atomic mass is 16.6. The first-order valence-electron chi connectivity index (χ1n) is 12.6. The molecule has 2 heterocycles. The van der Waals surface area contributed by atoms with Gasteiger partial charge in [0.1, 0.15) is 23.2 Å². The van der Waals surface area contributed by atoms with Gasteiger partial charge in [-0.15, -0.1) is 0 Å². The summed E-state index contributed by atoms with van der Waals surface area (Å²) in [5, 5.41) is 35.4. The first-order valence-corrected chi connectivity index (χ1v) is 12.6. The predicted octanol–water partition coefficient (Wildman–Crippen LogP) is 3.40. The molecular formula is C27H36N2O7. The van der Waals surface area contributed by atoms with Crippen molar-refractivity contribution in [3.8, 4) is 11.5 Å². The lowest BCUT2D eigenvalue weighted by molar-refractivity contribution is -0.137. The van der Waals surface area contributed by atoms with Gasteiger partial charge in [-0.1, -0.05) is 30.3 Å². The van der Waals surface area contributed by atoms with Crippen molar-refractivity contribution < 1.29 is 34.5 Å². The number of ether oxygens (including phenoxy) is 1. The van der Waals surface area contributed by atoms with Crippen LogP contribution < -0.4 is 0 Å². The number of rotatable bonds is 4. The average molecular weight is 501 g/mol. The Balaban J connectivity index is 1.95. The highest BCUT2D eigenvalue weighted by Crippen LogP contribution is 2.34. The minimum atomic E-state index is -0.735. The van der Waals surface area contributed by atoms with Gasteiger partial charge in [-0.05, 0) is 56.2 Å². The molecule has 0 spiro atoms. The standard InChI is InChI=1S/C27H36N2O7/c1-3-21-22-15-19(28-35-17-25(33)29-13-5-4-6-14-29)10-8-12-20(30)11-7-9-18(2)36-27(34)26(22)24(32)16-23(21)31/h7-8,10-11,16,18,20,30-32H,3-6,9,12-15,17H2,1-2H3/b10-8+,11-7+,28-19-/t18-,20-/m1/s1. The molecule has 196 valence electrons. The Bertz CT molecular complexity index is 1030. The molecule has 3 rings (SSSR count). The van der Waals surface area contributed by atoms with Crippen LogP contribution >= 0.6 is 0 Å². The second-order valence-corrected chi connectivity index (χ2v) is 9.16. The van der Waals surface area contributed by atoms with Crippen molar-refractivity contribution in [2.45, 2.75) is 71.0 Å². The van der Waals surface area contributed by atoms with E-state index in [0.29, 0.717) is 49.2 Å². The number of phenols is 2. The van der Waals surface area contributed by atoms with E-state index in [0.717, 1.165) is 25.3 Å². The van der Waals surface area contributed by atoms with Gasteiger partial charge < -0.3 is 29.8 Å². The van der Waals surface area contributed by atoms with Gasteiger partial charge >= 0.3 is 5.97 Å². The number of allylic oxidation sites excluding steroid dienone is 1. The third-order valence-corrected chi connectivity index (χ3v) is 6.32. The van der Waals surface area contributed by atoms with Gasteiger partial charge in [0.15, 0.2) is 6.61 Å². The van der Waals surface area contributed by atoms with Crippen molar-refractivity contribution in [1.82, 2.24) is 4.90 Å². The maximum Gasteiger partial charge on any atom is 0.342 e. The lowest BCUT2D eigenvalue weighted by atomic mass is 9.92. The van der Waals surface area contributed by atoms with E-state index < -0.39 is 18.2 Å². The fourth-order valence-electron chi connectivity index (χ4n) is 4.41. The fraction of sp³-hybridized carbons (Fsp3) is 0.519. The molecule has 0 unspecified atom stereocenters.